The molecule has 7 heteroatoms. The Morgan fingerprint density at radius 1 is 0.912 bits per heavy atom. The number of rotatable bonds is 10. The number of carbonyl (C=O) groups is 1. The van der Waals surface area contributed by atoms with Crippen molar-refractivity contribution >= 4 is 40.3 Å². The third kappa shape index (κ3) is 6.18. The molecule has 3 aromatic carbocycles. The summed E-state index contributed by atoms with van der Waals surface area (Å²) in [6.07, 6.45) is 2.57. The molecule has 34 heavy (non-hydrogen) atoms. The van der Waals surface area contributed by atoms with Gasteiger partial charge in [0.1, 0.15) is 21.6 Å². The molecule has 0 radical (unpaired) electrons. The molecule has 1 saturated heterocycles. The molecule has 0 bridgehead atoms. The number of amides is 1. The maximum Gasteiger partial charge on any atom is 0.266 e. The van der Waals surface area contributed by atoms with Gasteiger partial charge in [-0.05, 0) is 29.8 Å². The van der Waals surface area contributed by atoms with Crippen molar-refractivity contribution in [3.05, 3.63) is 94.9 Å². The highest BCUT2D eigenvalue weighted by atomic mass is 32.2. The fourth-order valence-corrected chi connectivity index (χ4v) is 4.64. The number of benzene rings is 3. The van der Waals surface area contributed by atoms with Crippen LogP contribution in [-0.2, 0) is 11.3 Å². The first-order valence-corrected chi connectivity index (χ1v) is 12.1. The maximum atomic E-state index is 13.0. The first kappa shape index (κ1) is 23.9. The van der Waals surface area contributed by atoms with Gasteiger partial charge in [-0.3, -0.25) is 9.69 Å². The lowest BCUT2D eigenvalue weighted by molar-refractivity contribution is -0.122. The Hall–Kier alpha value is -3.29. The number of para-hydroxylation sites is 1. The van der Waals surface area contributed by atoms with Crippen LogP contribution in [0.25, 0.3) is 6.08 Å². The molecule has 3 aromatic rings. The van der Waals surface area contributed by atoms with E-state index in [0.717, 1.165) is 28.4 Å². The number of methoxy groups -OCH3 is 1. The smallest absolute Gasteiger partial charge is 0.266 e. The predicted octanol–water partition coefficient (Wildman–Crippen LogP) is 5.94. The Kier molecular flexibility index (Phi) is 8.22. The Morgan fingerprint density at radius 2 is 1.65 bits per heavy atom. The first-order chi connectivity index (χ1) is 16.6. The van der Waals surface area contributed by atoms with E-state index in [1.807, 2.05) is 84.9 Å². The van der Waals surface area contributed by atoms with Gasteiger partial charge in [0.15, 0.2) is 0 Å². The molecule has 1 fully saturated rings. The van der Waals surface area contributed by atoms with Crippen molar-refractivity contribution in [2.75, 3.05) is 20.3 Å². The number of thioether (sulfide) groups is 1. The van der Waals surface area contributed by atoms with Crippen molar-refractivity contribution < 1.29 is 19.0 Å². The SMILES string of the molecule is COc1cccc(OCCCOc2ccccc2C=C2SC(=S)N(Cc3ccccc3)C2=O)c1. The summed E-state index contributed by atoms with van der Waals surface area (Å²) in [6.45, 7) is 1.48. The average molecular weight is 492 g/mol. The van der Waals surface area contributed by atoms with Crippen LogP contribution in [0.4, 0.5) is 0 Å². The van der Waals surface area contributed by atoms with Crippen LogP contribution in [0, 0.1) is 0 Å². The normalized spacial score (nSPS) is 14.5. The zero-order valence-corrected chi connectivity index (χ0v) is 20.4. The predicted molar refractivity (Wildman–Crippen MR) is 140 cm³/mol. The molecule has 0 N–H and O–H groups in total. The standard InChI is InChI=1S/C27H25NO4S2/c1-30-22-12-7-13-23(18-22)31-15-8-16-32-24-14-6-5-11-21(24)17-25-26(29)28(27(33)34-25)19-20-9-3-2-4-10-20/h2-7,9-14,17-18H,8,15-16,19H2,1H3. The number of hydrogen-bond acceptors (Lipinski definition) is 6. The van der Waals surface area contributed by atoms with Crippen molar-refractivity contribution in [2.45, 2.75) is 13.0 Å². The van der Waals surface area contributed by atoms with Crippen molar-refractivity contribution in [3.8, 4) is 17.2 Å². The molecular weight excluding hydrogens is 466 g/mol. The molecular formula is C27H25NO4S2. The fourth-order valence-electron chi connectivity index (χ4n) is 3.40. The number of hydrogen-bond donors (Lipinski definition) is 0. The third-order valence-corrected chi connectivity index (χ3v) is 6.50. The monoisotopic (exact) mass is 491 g/mol. The highest BCUT2D eigenvalue weighted by Crippen LogP contribution is 2.35. The quantitative estimate of drug-likeness (QED) is 0.199. The molecule has 1 aliphatic heterocycles. The molecule has 0 unspecified atom stereocenters. The molecule has 0 aliphatic carbocycles. The largest absolute Gasteiger partial charge is 0.497 e. The summed E-state index contributed by atoms with van der Waals surface area (Å²) in [7, 11) is 1.63. The topological polar surface area (TPSA) is 48.0 Å². The average Bonchev–Trinajstić information content (AvgIpc) is 3.13. The Morgan fingerprint density at radius 3 is 2.47 bits per heavy atom. The molecule has 0 spiro atoms. The van der Waals surface area contributed by atoms with Gasteiger partial charge in [-0.2, -0.15) is 0 Å². The second kappa shape index (κ2) is 11.7. The van der Waals surface area contributed by atoms with Gasteiger partial charge in [-0.25, -0.2) is 0 Å². The minimum absolute atomic E-state index is 0.0830. The van der Waals surface area contributed by atoms with Gasteiger partial charge in [-0.15, -0.1) is 0 Å². The van der Waals surface area contributed by atoms with Gasteiger partial charge in [0.2, 0.25) is 0 Å². The van der Waals surface area contributed by atoms with Crippen LogP contribution in [-0.4, -0.2) is 35.5 Å². The molecule has 174 valence electrons. The van der Waals surface area contributed by atoms with Gasteiger partial charge in [0.05, 0.1) is 31.8 Å². The van der Waals surface area contributed by atoms with Crippen LogP contribution in [0.1, 0.15) is 17.5 Å². The van der Waals surface area contributed by atoms with Gasteiger partial charge in [-0.1, -0.05) is 78.6 Å². The summed E-state index contributed by atoms with van der Waals surface area (Å²) in [6, 6.07) is 25.0. The van der Waals surface area contributed by atoms with Gasteiger partial charge in [0, 0.05) is 18.1 Å². The van der Waals surface area contributed by atoms with Crippen LogP contribution in [0.5, 0.6) is 17.2 Å². The Balaban J connectivity index is 1.34. The van der Waals surface area contributed by atoms with E-state index in [1.54, 1.807) is 12.0 Å². The molecule has 0 saturated carbocycles. The van der Waals surface area contributed by atoms with Crippen LogP contribution < -0.4 is 14.2 Å². The summed E-state index contributed by atoms with van der Waals surface area (Å²) in [5.74, 6) is 2.16. The molecule has 4 rings (SSSR count). The summed E-state index contributed by atoms with van der Waals surface area (Å²) in [5.41, 5.74) is 1.89. The van der Waals surface area contributed by atoms with E-state index in [1.165, 1.54) is 11.8 Å². The van der Waals surface area contributed by atoms with E-state index in [2.05, 4.69) is 0 Å². The van der Waals surface area contributed by atoms with Gasteiger partial charge in [0.25, 0.3) is 5.91 Å². The second-order valence-electron chi connectivity index (χ2n) is 7.52. The van der Waals surface area contributed by atoms with Crippen LogP contribution in [0.2, 0.25) is 0 Å². The molecule has 1 amide bonds. The lowest BCUT2D eigenvalue weighted by Gasteiger charge is -2.14. The molecule has 5 nitrogen and oxygen atoms in total. The highest BCUT2D eigenvalue weighted by Gasteiger charge is 2.32. The number of carbonyl (C=O) groups excluding carboxylic acids is 1. The lowest BCUT2D eigenvalue weighted by Crippen LogP contribution is -2.27. The van der Waals surface area contributed by atoms with E-state index < -0.39 is 0 Å². The van der Waals surface area contributed by atoms with E-state index in [-0.39, 0.29) is 5.91 Å². The van der Waals surface area contributed by atoms with Crippen LogP contribution >= 0.6 is 24.0 Å². The van der Waals surface area contributed by atoms with Crippen molar-refractivity contribution in [3.63, 3.8) is 0 Å². The fraction of sp³-hybridized carbons (Fsp3) is 0.185. The highest BCUT2D eigenvalue weighted by molar-refractivity contribution is 8.26. The van der Waals surface area contributed by atoms with E-state index >= 15 is 0 Å². The zero-order chi connectivity index (χ0) is 23.8. The van der Waals surface area contributed by atoms with Crippen molar-refractivity contribution in [2.24, 2.45) is 0 Å². The van der Waals surface area contributed by atoms with Crippen LogP contribution in [0.3, 0.4) is 0 Å². The third-order valence-electron chi connectivity index (χ3n) is 5.12. The van der Waals surface area contributed by atoms with Crippen molar-refractivity contribution in [1.82, 2.24) is 4.90 Å². The van der Waals surface area contributed by atoms with E-state index in [4.69, 9.17) is 26.4 Å². The molecule has 1 heterocycles. The summed E-state index contributed by atoms with van der Waals surface area (Å²) in [5, 5.41) is 0. The lowest BCUT2D eigenvalue weighted by atomic mass is 10.1. The summed E-state index contributed by atoms with van der Waals surface area (Å²) >= 11 is 6.79. The summed E-state index contributed by atoms with van der Waals surface area (Å²) in [4.78, 5) is 15.2. The first-order valence-electron chi connectivity index (χ1n) is 10.9. The summed E-state index contributed by atoms with van der Waals surface area (Å²) < 4.78 is 17.5. The molecule has 0 atom stereocenters. The van der Waals surface area contributed by atoms with Crippen LogP contribution in [0.15, 0.2) is 83.8 Å². The number of nitrogens with zero attached hydrogens (tertiary/aromatic N) is 1. The van der Waals surface area contributed by atoms with E-state index in [0.29, 0.717) is 35.4 Å². The number of thiocarbonyl (C=S) groups is 1. The molecule has 1 aliphatic rings. The number of ether oxygens (including phenoxy) is 3. The Labute approximate surface area is 209 Å². The van der Waals surface area contributed by atoms with Gasteiger partial charge >= 0.3 is 0 Å². The second-order valence-corrected chi connectivity index (χ2v) is 9.20. The zero-order valence-electron chi connectivity index (χ0n) is 18.8. The molecule has 0 aromatic heterocycles. The minimum atomic E-state index is -0.0830. The maximum absolute atomic E-state index is 13.0. The van der Waals surface area contributed by atoms with Gasteiger partial charge < -0.3 is 14.2 Å². The van der Waals surface area contributed by atoms with Crippen molar-refractivity contribution in [1.29, 1.82) is 0 Å². The minimum Gasteiger partial charge on any atom is -0.497 e. The Bertz CT molecular complexity index is 1180. The van der Waals surface area contributed by atoms with E-state index in [9.17, 15) is 4.79 Å².